The van der Waals surface area contributed by atoms with E-state index in [9.17, 15) is 4.79 Å². The minimum atomic E-state index is -0.700. The lowest BCUT2D eigenvalue weighted by Crippen LogP contribution is -2.32. The summed E-state index contributed by atoms with van der Waals surface area (Å²) in [5, 5.41) is 8.47. The molecule has 3 nitrogen and oxygen atoms in total. The third-order valence-corrected chi connectivity index (χ3v) is 2.21. The van der Waals surface area contributed by atoms with E-state index >= 15 is 0 Å². The van der Waals surface area contributed by atoms with E-state index in [4.69, 9.17) is 5.11 Å². The maximum Gasteiger partial charge on any atom is 0.303 e. The molecule has 0 aliphatic heterocycles. The number of carboxylic acid groups (broad SMARTS) is 1. The van der Waals surface area contributed by atoms with Gasteiger partial charge >= 0.3 is 5.97 Å². The van der Waals surface area contributed by atoms with Crippen LogP contribution in [-0.2, 0) is 4.79 Å². The highest BCUT2D eigenvalue weighted by Gasteiger charge is 2.10. The van der Waals surface area contributed by atoms with Crippen LogP contribution in [0.15, 0.2) is 0 Å². The molecule has 1 N–H and O–H groups in total. The first-order valence-corrected chi connectivity index (χ1v) is 4.57. The van der Waals surface area contributed by atoms with Gasteiger partial charge in [0.15, 0.2) is 0 Å². The van der Waals surface area contributed by atoms with Gasteiger partial charge in [-0.05, 0) is 26.4 Å². The Labute approximate surface area is 74.4 Å². The van der Waals surface area contributed by atoms with Gasteiger partial charge in [-0.15, -0.1) is 0 Å². The molecule has 0 radical (unpaired) electrons. The van der Waals surface area contributed by atoms with Crippen molar-refractivity contribution >= 4 is 5.97 Å². The maximum absolute atomic E-state index is 10.3. The van der Waals surface area contributed by atoms with Crippen LogP contribution in [0.1, 0.15) is 33.6 Å². The fourth-order valence-corrected chi connectivity index (χ4v) is 1.36. The van der Waals surface area contributed by atoms with Crippen LogP contribution in [0.5, 0.6) is 0 Å². The smallest absolute Gasteiger partial charge is 0.303 e. The molecule has 0 rings (SSSR count). The summed E-state index contributed by atoms with van der Waals surface area (Å²) in [7, 11) is 0. The lowest BCUT2D eigenvalue weighted by Gasteiger charge is -2.25. The van der Waals surface area contributed by atoms with Crippen molar-refractivity contribution in [3.05, 3.63) is 0 Å². The maximum atomic E-state index is 10.3. The van der Waals surface area contributed by atoms with Crippen molar-refractivity contribution in [2.45, 2.75) is 39.7 Å². The molecule has 0 heterocycles. The van der Waals surface area contributed by atoms with Gasteiger partial charge in [-0.25, -0.2) is 0 Å². The highest BCUT2D eigenvalue weighted by atomic mass is 16.4. The zero-order valence-electron chi connectivity index (χ0n) is 8.21. The van der Waals surface area contributed by atoms with Crippen molar-refractivity contribution < 1.29 is 9.90 Å². The minimum absolute atomic E-state index is 0.275. The quantitative estimate of drug-likeness (QED) is 0.663. The fourth-order valence-electron chi connectivity index (χ4n) is 1.36. The molecular weight excluding hydrogens is 154 g/mol. The molecule has 0 aliphatic rings. The first-order valence-electron chi connectivity index (χ1n) is 4.57. The Balaban J connectivity index is 3.68. The van der Waals surface area contributed by atoms with E-state index in [0.29, 0.717) is 6.04 Å². The SMILES string of the molecule is CCN(CC)C(C)CCC(=O)O. The summed E-state index contributed by atoms with van der Waals surface area (Å²) in [5.74, 6) is -0.700. The molecule has 72 valence electrons. The predicted molar refractivity (Wildman–Crippen MR) is 49.3 cm³/mol. The van der Waals surface area contributed by atoms with Crippen LogP contribution in [0.3, 0.4) is 0 Å². The topological polar surface area (TPSA) is 40.5 Å². The molecule has 0 aromatic heterocycles. The van der Waals surface area contributed by atoms with Crippen LogP contribution < -0.4 is 0 Å². The Morgan fingerprint density at radius 3 is 2.25 bits per heavy atom. The van der Waals surface area contributed by atoms with E-state index in [0.717, 1.165) is 19.5 Å². The summed E-state index contributed by atoms with van der Waals surface area (Å²) in [4.78, 5) is 12.6. The van der Waals surface area contributed by atoms with Crippen molar-refractivity contribution in [3.63, 3.8) is 0 Å². The molecule has 12 heavy (non-hydrogen) atoms. The van der Waals surface area contributed by atoms with E-state index in [1.165, 1.54) is 0 Å². The Kier molecular flexibility index (Phi) is 5.72. The third-order valence-electron chi connectivity index (χ3n) is 2.21. The molecule has 0 amide bonds. The number of carbonyl (C=O) groups is 1. The number of rotatable bonds is 6. The van der Waals surface area contributed by atoms with E-state index < -0.39 is 5.97 Å². The van der Waals surface area contributed by atoms with Crippen LogP contribution >= 0.6 is 0 Å². The summed E-state index contributed by atoms with van der Waals surface area (Å²) in [6.45, 7) is 8.27. The fraction of sp³-hybridized carbons (Fsp3) is 0.889. The van der Waals surface area contributed by atoms with Gasteiger partial charge in [-0.2, -0.15) is 0 Å². The Morgan fingerprint density at radius 1 is 1.42 bits per heavy atom. The summed E-state index contributed by atoms with van der Waals surface area (Å²) < 4.78 is 0. The van der Waals surface area contributed by atoms with Crippen LogP contribution in [0, 0.1) is 0 Å². The zero-order chi connectivity index (χ0) is 9.56. The van der Waals surface area contributed by atoms with Gasteiger partial charge in [0.1, 0.15) is 0 Å². The van der Waals surface area contributed by atoms with Crippen molar-refractivity contribution in [2.75, 3.05) is 13.1 Å². The standard InChI is InChI=1S/C9H19NO2/c1-4-10(5-2)8(3)6-7-9(11)12/h8H,4-7H2,1-3H3,(H,11,12). The summed E-state index contributed by atoms with van der Waals surface area (Å²) in [6, 6.07) is 0.385. The van der Waals surface area contributed by atoms with Crippen molar-refractivity contribution in [1.29, 1.82) is 0 Å². The number of hydrogen-bond donors (Lipinski definition) is 1. The molecule has 0 spiro atoms. The molecule has 0 fully saturated rings. The molecule has 0 aliphatic carbocycles. The average molecular weight is 173 g/mol. The van der Waals surface area contributed by atoms with E-state index in [1.54, 1.807) is 0 Å². The first kappa shape index (κ1) is 11.4. The Morgan fingerprint density at radius 2 is 1.92 bits per heavy atom. The van der Waals surface area contributed by atoms with Crippen LogP contribution in [0.25, 0.3) is 0 Å². The molecule has 1 unspecified atom stereocenters. The van der Waals surface area contributed by atoms with Crippen molar-refractivity contribution in [1.82, 2.24) is 4.90 Å². The third kappa shape index (κ3) is 4.34. The van der Waals surface area contributed by atoms with Gasteiger partial charge in [0, 0.05) is 12.5 Å². The second-order valence-corrected chi connectivity index (χ2v) is 3.00. The molecule has 3 heteroatoms. The Bertz CT molecular complexity index is 132. The number of carboxylic acids is 1. The summed E-state index contributed by atoms with van der Waals surface area (Å²) >= 11 is 0. The van der Waals surface area contributed by atoms with Gasteiger partial charge < -0.3 is 10.0 Å². The summed E-state index contributed by atoms with van der Waals surface area (Å²) in [6.07, 6.45) is 1.02. The second kappa shape index (κ2) is 6.00. The van der Waals surface area contributed by atoms with Gasteiger partial charge in [-0.3, -0.25) is 4.79 Å². The van der Waals surface area contributed by atoms with Gasteiger partial charge in [0.2, 0.25) is 0 Å². The van der Waals surface area contributed by atoms with Crippen LogP contribution in [0.4, 0.5) is 0 Å². The molecule has 0 saturated heterocycles. The average Bonchev–Trinajstić information content (AvgIpc) is 2.03. The van der Waals surface area contributed by atoms with Crippen LogP contribution in [0.2, 0.25) is 0 Å². The number of aliphatic carboxylic acids is 1. The highest BCUT2D eigenvalue weighted by Crippen LogP contribution is 2.05. The highest BCUT2D eigenvalue weighted by molar-refractivity contribution is 5.66. The van der Waals surface area contributed by atoms with Gasteiger partial charge in [0.25, 0.3) is 0 Å². The molecule has 0 aromatic carbocycles. The lowest BCUT2D eigenvalue weighted by atomic mass is 10.1. The number of hydrogen-bond acceptors (Lipinski definition) is 2. The molecular formula is C9H19NO2. The van der Waals surface area contributed by atoms with Crippen molar-refractivity contribution in [3.8, 4) is 0 Å². The Hall–Kier alpha value is -0.570. The molecule has 0 saturated carbocycles. The van der Waals surface area contributed by atoms with Gasteiger partial charge in [0.05, 0.1) is 0 Å². The normalized spacial score (nSPS) is 13.3. The van der Waals surface area contributed by atoms with E-state index in [2.05, 4.69) is 25.7 Å². The first-order chi connectivity index (χ1) is 5.61. The largest absolute Gasteiger partial charge is 0.481 e. The zero-order valence-corrected chi connectivity index (χ0v) is 8.21. The summed E-state index contributed by atoms with van der Waals surface area (Å²) in [5.41, 5.74) is 0. The predicted octanol–water partition coefficient (Wildman–Crippen LogP) is 1.58. The lowest BCUT2D eigenvalue weighted by molar-refractivity contribution is -0.137. The molecule has 1 atom stereocenters. The van der Waals surface area contributed by atoms with Crippen LogP contribution in [-0.4, -0.2) is 35.1 Å². The molecule has 0 bridgehead atoms. The van der Waals surface area contributed by atoms with E-state index in [1.807, 2.05) is 0 Å². The second-order valence-electron chi connectivity index (χ2n) is 3.00. The van der Waals surface area contributed by atoms with Gasteiger partial charge in [-0.1, -0.05) is 13.8 Å². The minimum Gasteiger partial charge on any atom is -0.481 e. The molecule has 0 aromatic rings. The monoisotopic (exact) mass is 173 g/mol. The van der Waals surface area contributed by atoms with Crippen molar-refractivity contribution in [2.24, 2.45) is 0 Å². The van der Waals surface area contributed by atoms with E-state index in [-0.39, 0.29) is 6.42 Å². The number of nitrogens with zero attached hydrogens (tertiary/aromatic N) is 1.